The third-order valence-electron chi connectivity index (χ3n) is 3.41. The lowest BCUT2D eigenvalue weighted by Crippen LogP contribution is -2.34. The summed E-state index contributed by atoms with van der Waals surface area (Å²) in [6.07, 6.45) is 3.74. The molecule has 0 unspecified atom stereocenters. The van der Waals surface area contributed by atoms with E-state index in [2.05, 4.69) is 9.88 Å². The molecule has 108 valence electrons. The largest absolute Gasteiger partial charge is 0.321 e. The summed E-state index contributed by atoms with van der Waals surface area (Å²) in [6, 6.07) is 0. The van der Waals surface area contributed by atoms with Gasteiger partial charge in [0, 0.05) is 26.7 Å². The molecule has 1 aromatic heterocycles. The molecule has 1 fully saturated rings. The van der Waals surface area contributed by atoms with Crippen LogP contribution < -0.4 is 0 Å². The number of hydrogen-bond acceptors (Lipinski definition) is 4. The summed E-state index contributed by atoms with van der Waals surface area (Å²) < 4.78 is 26.5. The normalized spacial score (nSPS) is 19.5. The predicted octanol–water partition coefficient (Wildman–Crippen LogP) is 0.541. The van der Waals surface area contributed by atoms with Gasteiger partial charge >= 0.3 is 0 Å². The van der Waals surface area contributed by atoms with Crippen LogP contribution in [-0.4, -0.2) is 59.6 Å². The van der Waals surface area contributed by atoms with Gasteiger partial charge in [-0.1, -0.05) is 11.6 Å². The van der Waals surface area contributed by atoms with Crippen LogP contribution in [0.15, 0.2) is 6.20 Å². The Morgan fingerprint density at radius 2 is 2.05 bits per heavy atom. The smallest absolute Gasteiger partial charge is 0.211 e. The van der Waals surface area contributed by atoms with Crippen molar-refractivity contribution in [3.63, 3.8) is 0 Å². The second-order valence-electron chi connectivity index (χ2n) is 4.85. The van der Waals surface area contributed by atoms with E-state index >= 15 is 0 Å². The van der Waals surface area contributed by atoms with Crippen molar-refractivity contribution in [2.45, 2.75) is 13.0 Å². The van der Waals surface area contributed by atoms with Gasteiger partial charge in [0.15, 0.2) is 0 Å². The molecule has 0 N–H and O–H groups in total. The molecule has 0 saturated carbocycles. The third-order valence-corrected chi connectivity index (χ3v) is 5.06. The maximum atomic E-state index is 11.5. The Hall–Kier alpha value is -0.630. The standard InChI is InChI=1S/C11H19ClN4O2S/c1-14-10(12)8-13-11(14)9-15-4-3-5-16(7-6-15)19(2,17)18/h8H,3-7,9H2,1-2H3. The summed E-state index contributed by atoms with van der Waals surface area (Å²) in [5.41, 5.74) is 0. The van der Waals surface area contributed by atoms with Crippen molar-refractivity contribution < 1.29 is 8.42 Å². The summed E-state index contributed by atoms with van der Waals surface area (Å²) >= 11 is 5.96. The average Bonchev–Trinajstić information content (AvgIpc) is 2.57. The van der Waals surface area contributed by atoms with Crippen molar-refractivity contribution in [1.82, 2.24) is 18.8 Å². The fraction of sp³-hybridized carbons (Fsp3) is 0.727. The second-order valence-corrected chi connectivity index (χ2v) is 7.22. The molecule has 0 radical (unpaired) electrons. The number of rotatable bonds is 3. The highest BCUT2D eigenvalue weighted by atomic mass is 35.5. The number of aromatic nitrogens is 2. The highest BCUT2D eigenvalue weighted by Gasteiger charge is 2.22. The fourth-order valence-electron chi connectivity index (χ4n) is 2.21. The molecule has 8 heteroatoms. The minimum Gasteiger partial charge on any atom is -0.321 e. The Morgan fingerprint density at radius 1 is 1.32 bits per heavy atom. The molecule has 1 saturated heterocycles. The Bertz CT molecular complexity index is 543. The van der Waals surface area contributed by atoms with E-state index in [1.165, 1.54) is 6.26 Å². The van der Waals surface area contributed by atoms with Crippen LogP contribution in [0.2, 0.25) is 5.15 Å². The van der Waals surface area contributed by atoms with Gasteiger partial charge in [0.05, 0.1) is 19.0 Å². The maximum absolute atomic E-state index is 11.5. The van der Waals surface area contributed by atoms with Crippen LogP contribution in [0.1, 0.15) is 12.2 Å². The molecular weight excluding hydrogens is 288 g/mol. The number of hydrogen-bond donors (Lipinski definition) is 0. The van der Waals surface area contributed by atoms with Crippen LogP contribution in [0, 0.1) is 0 Å². The lowest BCUT2D eigenvalue weighted by molar-refractivity contribution is 0.269. The molecule has 0 aliphatic carbocycles. The molecule has 0 bridgehead atoms. The van der Waals surface area contributed by atoms with Gasteiger partial charge in [-0.15, -0.1) is 0 Å². The molecule has 1 aliphatic heterocycles. The summed E-state index contributed by atoms with van der Waals surface area (Å²) in [5.74, 6) is 0.901. The lowest BCUT2D eigenvalue weighted by atomic mass is 10.4. The first-order chi connectivity index (χ1) is 8.88. The van der Waals surface area contributed by atoms with E-state index in [1.54, 1.807) is 10.5 Å². The minimum absolute atomic E-state index is 0.539. The van der Waals surface area contributed by atoms with Gasteiger partial charge in [0.25, 0.3) is 0 Å². The van der Waals surface area contributed by atoms with Crippen LogP contribution in [0.4, 0.5) is 0 Å². The molecule has 1 aliphatic rings. The van der Waals surface area contributed by atoms with Crippen LogP contribution in [0.5, 0.6) is 0 Å². The third kappa shape index (κ3) is 3.68. The highest BCUT2D eigenvalue weighted by Crippen LogP contribution is 2.13. The molecule has 0 spiro atoms. The van der Waals surface area contributed by atoms with Gasteiger partial charge in [-0.2, -0.15) is 0 Å². The van der Waals surface area contributed by atoms with Crippen molar-refractivity contribution >= 4 is 21.6 Å². The van der Waals surface area contributed by atoms with Crippen LogP contribution >= 0.6 is 11.6 Å². The monoisotopic (exact) mass is 306 g/mol. The lowest BCUT2D eigenvalue weighted by Gasteiger charge is -2.20. The Labute approximate surface area is 119 Å². The van der Waals surface area contributed by atoms with E-state index in [9.17, 15) is 8.42 Å². The Morgan fingerprint density at radius 3 is 2.63 bits per heavy atom. The molecule has 2 heterocycles. The topological polar surface area (TPSA) is 58.4 Å². The number of nitrogens with zero attached hydrogens (tertiary/aromatic N) is 4. The van der Waals surface area contributed by atoms with E-state index in [-0.39, 0.29) is 0 Å². The molecule has 6 nitrogen and oxygen atoms in total. The number of halogens is 1. The van der Waals surface area contributed by atoms with Crippen LogP contribution in [-0.2, 0) is 23.6 Å². The first-order valence-electron chi connectivity index (χ1n) is 6.21. The minimum atomic E-state index is -3.08. The fourth-order valence-corrected chi connectivity index (χ4v) is 3.23. The zero-order valence-electron chi connectivity index (χ0n) is 11.2. The molecule has 1 aromatic rings. The van der Waals surface area contributed by atoms with E-state index in [0.29, 0.717) is 24.8 Å². The quantitative estimate of drug-likeness (QED) is 0.818. The average molecular weight is 307 g/mol. The summed E-state index contributed by atoms with van der Waals surface area (Å²) in [6.45, 7) is 3.42. The van der Waals surface area contributed by atoms with Gasteiger partial charge in [-0.3, -0.25) is 4.90 Å². The summed E-state index contributed by atoms with van der Waals surface area (Å²) in [7, 11) is -1.20. The van der Waals surface area contributed by atoms with Gasteiger partial charge in [-0.05, 0) is 13.0 Å². The molecule has 0 atom stereocenters. The molecule has 2 rings (SSSR count). The summed E-state index contributed by atoms with van der Waals surface area (Å²) in [4.78, 5) is 6.48. The summed E-state index contributed by atoms with van der Waals surface area (Å²) in [5, 5.41) is 0.614. The molecule has 0 aromatic carbocycles. The molecular formula is C11H19ClN4O2S. The van der Waals surface area contributed by atoms with Crippen molar-refractivity contribution in [2.75, 3.05) is 32.4 Å². The van der Waals surface area contributed by atoms with Gasteiger partial charge in [0.1, 0.15) is 11.0 Å². The number of sulfonamides is 1. The van der Waals surface area contributed by atoms with Crippen molar-refractivity contribution in [1.29, 1.82) is 0 Å². The maximum Gasteiger partial charge on any atom is 0.211 e. The van der Waals surface area contributed by atoms with Gasteiger partial charge in [0.2, 0.25) is 10.0 Å². The Balaban J connectivity index is 1.98. The first kappa shape index (κ1) is 14.8. The van der Waals surface area contributed by atoms with Crippen molar-refractivity contribution in [3.8, 4) is 0 Å². The van der Waals surface area contributed by atoms with Crippen LogP contribution in [0.25, 0.3) is 0 Å². The van der Waals surface area contributed by atoms with Crippen molar-refractivity contribution in [2.24, 2.45) is 7.05 Å². The Kier molecular flexibility index (Phi) is 4.50. The van der Waals surface area contributed by atoms with Gasteiger partial charge < -0.3 is 4.57 Å². The molecule has 0 amide bonds. The van der Waals surface area contributed by atoms with Crippen LogP contribution in [0.3, 0.4) is 0 Å². The highest BCUT2D eigenvalue weighted by molar-refractivity contribution is 7.88. The van der Waals surface area contributed by atoms with Gasteiger partial charge in [-0.25, -0.2) is 17.7 Å². The number of imidazole rings is 1. The van der Waals surface area contributed by atoms with E-state index in [0.717, 1.165) is 25.3 Å². The first-order valence-corrected chi connectivity index (χ1v) is 8.44. The predicted molar refractivity (Wildman–Crippen MR) is 74.5 cm³/mol. The zero-order chi connectivity index (χ0) is 14.0. The van der Waals surface area contributed by atoms with E-state index < -0.39 is 10.0 Å². The van der Waals surface area contributed by atoms with E-state index in [4.69, 9.17) is 11.6 Å². The zero-order valence-corrected chi connectivity index (χ0v) is 12.8. The van der Waals surface area contributed by atoms with E-state index in [1.807, 2.05) is 11.6 Å². The SMILES string of the molecule is Cn1c(Cl)cnc1CN1CCCN(S(C)(=O)=O)CC1. The van der Waals surface area contributed by atoms with Crippen molar-refractivity contribution in [3.05, 3.63) is 17.2 Å². The molecule has 19 heavy (non-hydrogen) atoms. The second kappa shape index (κ2) is 5.78.